The minimum absolute atomic E-state index is 0.0624. The van der Waals surface area contributed by atoms with E-state index in [1.807, 2.05) is 27.7 Å². The second-order valence-corrected chi connectivity index (χ2v) is 13.8. The zero-order valence-electron chi connectivity index (χ0n) is 30.5. The number of carbonyl (C=O) groups excluding carboxylic acids is 6. The lowest BCUT2D eigenvalue weighted by Gasteiger charge is -2.25. The Balaban J connectivity index is 1.70. The van der Waals surface area contributed by atoms with Gasteiger partial charge in [0.1, 0.15) is 23.6 Å². The molecule has 2 aromatic carbocycles. The first-order valence-electron chi connectivity index (χ1n) is 17.4. The molecule has 0 spiro atoms. The Kier molecular flexibility index (Phi) is 14.5. The number of rotatable bonds is 18. The summed E-state index contributed by atoms with van der Waals surface area (Å²) < 4.78 is 0. The van der Waals surface area contributed by atoms with Gasteiger partial charge in [-0.1, -0.05) is 27.7 Å². The van der Waals surface area contributed by atoms with E-state index < -0.39 is 70.9 Å². The number of amides is 4. The molecule has 0 saturated carbocycles. The molecule has 0 fully saturated rings. The van der Waals surface area contributed by atoms with Gasteiger partial charge in [-0.3, -0.25) is 28.8 Å². The van der Waals surface area contributed by atoms with Crippen LogP contribution in [0.3, 0.4) is 0 Å². The Morgan fingerprint density at radius 3 is 1.23 bits per heavy atom. The zero-order valence-corrected chi connectivity index (χ0v) is 30.5. The van der Waals surface area contributed by atoms with Gasteiger partial charge in [0.15, 0.2) is 0 Å². The van der Waals surface area contributed by atoms with Gasteiger partial charge >= 0.3 is 0 Å². The first-order chi connectivity index (χ1) is 24.4. The van der Waals surface area contributed by atoms with Crippen LogP contribution in [0.2, 0.25) is 0 Å². The topological polar surface area (TPSA) is 267 Å². The summed E-state index contributed by atoms with van der Waals surface area (Å²) in [6, 6.07) is 2.15. The van der Waals surface area contributed by atoms with E-state index >= 15 is 0 Å². The molecule has 0 aliphatic heterocycles. The van der Waals surface area contributed by atoms with Crippen LogP contribution in [0, 0.1) is 11.8 Å². The number of benzene rings is 2. The third-order valence-electron chi connectivity index (χ3n) is 8.38. The summed E-state index contributed by atoms with van der Waals surface area (Å²) in [7, 11) is 0. The van der Waals surface area contributed by atoms with Gasteiger partial charge in [-0.2, -0.15) is 0 Å². The standard InChI is InChI=1S/C36H52N8O8/c1-17(2)15-21(37)35(51)43-19(5)33(49)41-13-11-39-23-7-8-24(28-27(23)31(47)29-25(45)9-10-26(46)30(29)32(28)48)40-12-14-42-34(50)20(6)44-36(52)22(38)16-18(3)4/h7-10,17-22,39-40,45-46H,11-16,37-38H2,1-6H3,(H,41,49)(H,42,50)(H,43,51)(H,44,52)/t19-,20-,21-,22-/m0/s1. The van der Waals surface area contributed by atoms with Gasteiger partial charge < -0.3 is 53.6 Å². The summed E-state index contributed by atoms with van der Waals surface area (Å²) in [6.45, 7) is 11.2. The van der Waals surface area contributed by atoms with Crippen LogP contribution in [-0.4, -0.2) is 95.8 Å². The van der Waals surface area contributed by atoms with Crippen molar-refractivity contribution in [1.29, 1.82) is 0 Å². The number of hydrogen-bond acceptors (Lipinski definition) is 12. The van der Waals surface area contributed by atoms with Crippen molar-refractivity contribution in [3.05, 3.63) is 46.5 Å². The maximum atomic E-state index is 13.8. The summed E-state index contributed by atoms with van der Waals surface area (Å²) in [5.41, 5.74) is 11.5. The van der Waals surface area contributed by atoms with E-state index in [0.29, 0.717) is 12.8 Å². The molecule has 16 heteroatoms. The highest BCUT2D eigenvalue weighted by Gasteiger charge is 2.38. The number of fused-ring (bicyclic) bond motifs is 2. The summed E-state index contributed by atoms with van der Waals surface area (Å²) in [6.07, 6.45) is 0.939. The quantitative estimate of drug-likeness (QED) is 0.0642. The number of phenols is 2. The molecule has 0 aromatic heterocycles. The minimum atomic E-state index is -0.852. The molecule has 16 nitrogen and oxygen atoms in total. The van der Waals surface area contributed by atoms with Gasteiger partial charge in [0, 0.05) is 37.6 Å². The van der Waals surface area contributed by atoms with Crippen LogP contribution >= 0.6 is 0 Å². The number of hydrogen-bond donors (Lipinski definition) is 10. The fourth-order valence-corrected chi connectivity index (χ4v) is 5.73. The van der Waals surface area contributed by atoms with Crippen molar-refractivity contribution in [2.75, 3.05) is 36.8 Å². The van der Waals surface area contributed by atoms with E-state index in [1.54, 1.807) is 12.1 Å². The Hall–Kier alpha value is -5.22. The predicted octanol–water partition coefficient (Wildman–Crippen LogP) is 0.686. The maximum Gasteiger partial charge on any atom is 0.242 e. The minimum Gasteiger partial charge on any atom is -0.507 e. The Morgan fingerprint density at radius 2 is 0.904 bits per heavy atom. The maximum absolute atomic E-state index is 13.8. The summed E-state index contributed by atoms with van der Waals surface area (Å²) >= 11 is 0. The normalized spacial score (nSPS) is 14.4. The van der Waals surface area contributed by atoms with Crippen molar-refractivity contribution >= 4 is 46.6 Å². The average Bonchev–Trinajstić information content (AvgIpc) is 3.07. The van der Waals surface area contributed by atoms with Crippen LogP contribution in [0.4, 0.5) is 11.4 Å². The number of nitrogens with one attached hydrogen (secondary N) is 6. The van der Waals surface area contributed by atoms with Crippen LogP contribution in [0.25, 0.3) is 0 Å². The first-order valence-corrected chi connectivity index (χ1v) is 17.4. The van der Waals surface area contributed by atoms with Crippen LogP contribution in [-0.2, 0) is 19.2 Å². The van der Waals surface area contributed by atoms with Crippen LogP contribution in [0.1, 0.15) is 86.2 Å². The van der Waals surface area contributed by atoms with Crippen molar-refractivity contribution in [3.8, 4) is 11.5 Å². The molecule has 1 aliphatic rings. The van der Waals surface area contributed by atoms with E-state index in [1.165, 1.54) is 13.8 Å². The number of phenolic OH excluding ortho intramolecular Hbond substituents is 2. The number of anilines is 2. The molecule has 2 aromatic rings. The largest absolute Gasteiger partial charge is 0.507 e. The van der Waals surface area contributed by atoms with Crippen molar-refractivity contribution in [2.45, 2.75) is 78.6 Å². The second kappa shape index (κ2) is 18.3. The molecule has 0 radical (unpaired) electrons. The number of ketones is 2. The highest BCUT2D eigenvalue weighted by Crippen LogP contribution is 2.42. The third kappa shape index (κ3) is 10.4. The lowest BCUT2D eigenvalue weighted by Crippen LogP contribution is -2.51. The van der Waals surface area contributed by atoms with Crippen molar-refractivity contribution in [2.24, 2.45) is 23.3 Å². The third-order valence-corrected chi connectivity index (χ3v) is 8.38. The molecular weight excluding hydrogens is 672 g/mol. The first kappa shape index (κ1) is 41.2. The molecular formula is C36H52N8O8. The molecule has 12 N–H and O–H groups in total. The Labute approximate surface area is 303 Å². The van der Waals surface area contributed by atoms with Crippen molar-refractivity contribution in [1.82, 2.24) is 21.3 Å². The molecule has 0 bridgehead atoms. The SMILES string of the molecule is CC(C)C[C@H](N)C(=O)N[C@@H](C)C(=O)NCCNc1ccc(NCCNC(=O)[C@H](C)NC(=O)[C@@H](N)CC(C)C)c2c1C(=O)c1c(O)ccc(O)c1C2=O. The van der Waals surface area contributed by atoms with Gasteiger partial charge in [-0.25, -0.2) is 0 Å². The lowest BCUT2D eigenvalue weighted by molar-refractivity contribution is -0.129. The smallest absolute Gasteiger partial charge is 0.242 e. The number of nitrogens with two attached hydrogens (primary N) is 2. The summed E-state index contributed by atoms with van der Waals surface area (Å²) in [5.74, 6) is -3.74. The number of aromatic hydroxyl groups is 2. The van der Waals surface area contributed by atoms with Crippen LogP contribution < -0.4 is 43.4 Å². The molecule has 0 saturated heterocycles. The van der Waals surface area contributed by atoms with Gasteiger partial charge in [0.25, 0.3) is 0 Å². The molecule has 284 valence electrons. The highest BCUT2D eigenvalue weighted by molar-refractivity contribution is 6.33. The summed E-state index contributed by atoms with van der Waals surface area (Å²) in [5, 5.41) is 37.8. The lowest BCUT2D eigenvalue weighted by atomic mass is 9.81. The molecule has 0 unspecified atom stereocenters. The Bertz CT molecular complexity index is 1560. The monoisotopic (exact) mass is 724 g/mol. The molecule has 3 rings (SSSR count). The molecule has 4 amide bonds. The van der Waals surface area contributed by atoms with Gasteiger partial charge in [0.2, 0.25) is 35.2 Å². The Morgan fingerprint density at radius 1 is 0.558 bits per heavy atom. The van der Waals surface area contributed by atoms with E-state index in [9.17, 15) is 39.0 Å². The van der Waals surface area contributed by atoms with E-state index in [0.717, 1.165) is 12.1 Å². The molecule has 0 heterocycles. The summed E-state index contributed by atoms with van der Waals surface area (Å²) in [4.78, 5) is 77.6. The van der Waals surface area contributed by atoms with E-state index in [4.69, 9.17) is 11.5 Å². The predicted molar refractivity (Wildman–Crippen MR) is 196 cm³/mol. The molecule has 52 heavy (non-hydrogen) atoms. The average molecular weight is 725 g/mol. The van der Waals surface area contributed by atoms with Crippen molar-refractivity contribution < 1.29 is 39.0 Å². The van der Waals surface area contributed by atoms with Gasteiger partial charge in [-0.05, 0) is 62.8 Å². The van der Waals surface area contributed by atoms with Gasteiger partial charge in [-0.15, -0.1) is 0 Å². The molecule has 1 aliphatic carbocycles. The highest BCUT2D eigenvalue weighted by atomic mass is 16.3. The van der Waals surface area contributed by atoms with E-state index in [-0.39, 0.29) is 71.6 Å². The second-order valence-electron chi connectivity index (χ2n) is 13.8. The van der Waals surface area contributed by atoms with Crippen LogP contribution in [0.5, 0.6) is 11.5 Å². The zero-order chi connectivity index (χ0) is 38.9. The number of carbonyl (C=O) groups is 6. The van der Waals surface area contributed by atoms with Gasteiger partial charge in [0.05, 0.1) is 34.3 Å². The fraction of sp³-hybridized carbons (Fsp3) is 0.500. The fourth-order valence-electron chi connectivity index (χ4n) is 5.73. The van der Waals surface area contributed by atoms with E-state index in [2.05, 4.69) is 31.9 Å². The molecule has 4 atom stereocenters. The van der Waals surface area contributed by atoms with Crippen LogP contribution in [0.15, 0.2) is 24.3 Å². The van der Waals surface area contributed by atoms with Crippen molar-refractivity contribution in [3.63, 3.8) is 0 Å².